The largest absolute Gasteiger partial charge is 0.481 e. The number of hydrogen-bond acceptors (Lipinski definition) is 4. The molecule has 0 aliphatic carbocycles. The minimum absolute atomic E-state index is 0.122. The van der Waals surface area contributed by atoms with Gasteiger partial charge in [0.2, 0.25) is 0 Å². The van der Waals surface area contributed by atoms with E-state index in [0.29, 0.717) is 0 Å². The third kappa shape index (κ3) is 1.44. The number of rotatable bonds is 2. The van der Waals surface area contributed by atoms with Gasteiger partial charge in [0.1, 0.15) is 12.8 Å². The summed E-state index contributed by atoms with van der Waals surface area (Å²) in [5.74, 6) is -1.49. The van der Waals surface area contributed by atoms with Crippen LogP contribution >= 0.6 is 0 Å². The molecule has 56 valence electrons. The lowest BCUT2D eigenvalue weighted by atomic mass is 10.2. The number of carboxylic acids is 1. The third-order valence-corrected chi connectivity index (χ3v) is 1.21. The van der Waals surface area contributed by atoms with Crippen LogP contribution in [0.1, 0.15) is 6.42 Å². The van der Waals surface area contributed by atoms with Gasteiger partial charge in [0.05, 0.1) is 6.42 Å². The average molecular weight is 145 g/mol. The molecule has 0 spiro atoms. The molecular formula is C5H7NO4. The summed E-state index contributed by atoms with van der Waals surface area (Å²) in [7, 11) is 0. The number of cyclic esters (lactones) is 1. The van der Waals surface area contributed by atoms with Crippen molar-refractivity contribution in [3.63, 3.8) is 0 Å². The van der Waals surface area contributed by atoms with E-state index in [0.717, 1.165) is 0 Å². The van der Waals surface area contributed by atoms with Gasteiger partial charge in [0.25, 0.3) is 0 Å². The Hall–Kier alpha value is -1.10. The molecule has 5 nitrogen and oxygen atoms in total. The second-order valence-corrected chi connectivity index (χ2v) is 1.96. The Kier molecular flexibility index (Phi) is 1.86. The van der Waals surface area contributed by atoms with Crippen LogP contribution in [-0.2, 0) is 14.3 Å². The minimum Gasteiger partial charge on any atom is -0.481 e. The molecule has 1 aliphatic heterocycles. The van der Waals surface area contributed by atoms with Gasteiger partial charge < -0.3 is 9.84 Å². The van der Waals surface area contributed by atoms with Crippen LogP contribution in [0.25, 0.3) is 0 Å². The van der Waals surface area contributed by atoms with Crippen molar-refractivity contribution in [2.45, 2.75) is 12.5 Å². The standard InChI is InChI=1S/C5H7NO4/c7-4(8)1-3-5(9)10-2-6-3/h3,6H,1-2H2,(H,7,8). The number of carbonyl (C=O) groups excluding carboxylic acids is 1. The first-order valence-corrected chi connectivity index (χ1v) is 2.82. The quantitative estimate of drug-likeness (QED) is 0.484. The highest BCUT2D eigenvalue weighted by Gasteiger charge is 2.27. The Morgan fingerprint density at radius 2 is 2.60 bits per heavy atom. The molecule has 0 aromatic heterocycles. The number of aliphatic carboxylic acids is 1. The van der Waals surface area contributed by atoms with Crippen molar-refractivity contribution in [1.82, 2.24) is 5.32 Å². The zero-order valence-corrected chi connectivity index (χ0v) is 5.16. The van der Waals surface area contributed by atoms with Crippen molar-refractivity contribution in [3.05, 3.63) is 0 Å². The molecule has 1 aliphatic rings. The maximum atomic E-state index is 10.6. The van der Waals surface area contributed by atoms with E-state index in [1.165, 1.54) is 0 Å². The first kappa shape index (κ1) is 7.01. The van der Waals surface area contributed by atoms with Crippen LogP contribution < -0.4 is 5.32 Å². The topological polar surface area (TPSA) is 75.6 Å². The fourth-order valence-corrected chi connectivity index (χ4v) is 0.727. The van der Waals surface area contributed by atoms with Crippen molar-refractivity contribution in [2.75, 3.05) is 6.73 Å². The van der Waals surface area contributed by atoms with Gasteiger partial charge in [-0.05, 0) is 0 Å². The summed E-state index contributed by atoms with van der Waals surface area (Å²) in [5, 5.41) is 10.8. The summed E-state index contributed by atoms with van der Waals surface area (Å²) in [4.78, 5) is 20.6. The van der Waals surface area contributed by atoms with Gasteiger partial charge in [0, 0.05) is 0 Å². The number of esters is 1. The lowest BCUT2D eigenvalue weighted by molar-refractivity contribution is -0.144. The van der Waals surface area contributed by atoms with Crippen LogP contribution in [0, 0.1) is 0 Å². The number of carboxylic acid groups (broad SMARTS) is 1. The predicted octanol–water partition coefficient (Wildman–Crippen LogP) is -1.07. The second kappa shape index (κ2) is 2.66. The van der Waals surface area contributed by atoms with Crippen LogP contribution in [0.3, 0.4) is 0 Å². The van der Waals surface area contributed by atoms with Crippen LogP contribution in [0.5, 0.6) is 0 Å². The molecule has 0 amide bonds. The molecular weight excluding hydrogens is 138 g/mol. The molecule has 1 rings (SSSR count). The zero-order valence-electron chi connectivity index (χ0n) is 5.16. The molecule has 0 radical (unpaired) electrons. The first-order chi connectivity index (χ1) is 4.70. The van der Waals surface area contributed by atoms with Crippen LogP contribution in [0.4, 0.5) is 0 Å². The molecule has 1 fully saturated rings. The summed E-state index contributed by atoms with van der Waals surface area (Å²) in [6.07, 6.45) is -0.209. The van der Waals surface area contributed by atoms with Crippen LogP contribution in [0.15, 0.2) is 0 Å². The maximum absolute atomic E-state index is 10.6. The Bertz CT molecular complexity index is 167. The van der Waals surface area contributed by atoms with E-state index in [2.05, 4.69) is 10.1 Å². The van der Waals surface area contributed by atoms with Crippen molar-refractivity contribution in [2.24, 2.45) is 0 Å². The molecule has 1 unspecified atom stereocenters. The van der Waals surface area contributed by atoms with Crippen LogP contribution in [-0.4, -0.2) is 29.8 Å². The van der Waals surface area contributed by atoms with Gasteiger partial charge in [-0.15, -0.1) is 0 Å². The number of nitrogens with one attached hydrogen (secondary N) is 1. The minimum atomic E-state index is -1.00. The van der Waals surface area contributed by atoms with Crippen molar-refractivity contribution in [3.8, 4) is 0 Å². The normalized spacial score (nSPS) is 24.4. The smallest absolute Gasteiger partial charge is 0.325 e. The highest BCUT2D eigenvalue weighted by Crippen LogP contribution is 2.00. The summed E-state index contributed by atoms with van der Waals surface area (Å²) >= 11 is 0. The lowest BCUT2D eigenvalue weighted by Gasteiger charge is -1.98. The van der Waals surface area contributed by atoms with Gasteiger partial charge in [0.15, 0.2) is 0 Å². The first-order valence-electron chi connectivity index (χ1n) is 2.82. The van der Waals surface area contributed by atoms with Crippen molar-refractivity contribution >= 4 is 11.9 Å². The van der Waals surface area contributed by atoms with E-state index in [-0.39, 0.29) is 13.2 Å². The van der Waals surface area contributed by atoms with Gasteiger partial charge in [-0.1, -0.05) is 0 Å². The number of hydrogen-bond donors (Lipinski definition) is 2. The highest BCUT2D eigenvalue weighted by molar-refractivity contribution is 5.83. The van der Waals surface area contributed by atoms with E-state index in [4.69, 9.17) is 5.11 Å². The van der Waals surface area contributed by atoms with E-state index >= 15 is 0 Å². The predicted molar refractivity (Wildman–Crippen MR) is 30.1 cm³/mol. The van der Waals surface area contributed by atoms with Crippen molar-refractivity contribution in [1.29, 1.82) is 0 Å². The summed E-state index contributed by atoms with van der Waals surface area (Å²) < 4.78 is 4.45. The van der Waals surface area contributed by atoms with E-state index in [1.54, 1.807) is 0 Å². The monoisotopic (exact) mass is 145 g/mol. The average Bonchev–Trinajstić information content (AvgIpc) is 2.15. The van der Waals surface area contributed by atoms with Gasteiger partial charge in [-0.3, -0.25) is 14.9 Å². The zero-order chi connectivity index (χ0) is 7.56. The van der Waals surface area contributed by atoms with Gasteiger partial charge in [-0.25, -0.2) is 0 Å². The highest BCUT2D eigenvalue weighted by atomic mass is 16.6. The lowest BCUT2D eigenvalue weighted by Crippen LogP contribution is -2.29. The molecule has 10 heavy (non-hydrogen) atoms. The third-order valence-electron chi connectivity index (χ3n) is 1.21. The molecule has 1 saturated heterocycles. The number of ether oxygens (including phenoxy) is 1. The van der Waals surface area contributed by atoms with E-state index in [1.807, 2.05) is 0 Å². The molecule has 0 aromatic rings. The molecule has 0 bridgehead atoms. The van der Waals surface area contributed by atoms with E-state index < -0.39 is 18.0 Å². The van der Waals surface area contributed by atoms with E-state index in [9.17, 15) is 9.59 Å². The Morgan fingerprint density at radius 3 is 3.00 bits per heavy atom. The Morgan fingerprint density at radius 1 is 1.90 bits per heavy atom. The number of carbonyl (C=O) groups is 2. The SMILES string of the molecule is O=C(O)CC1NCOC1=O. The van der Waals surface area contributed by atoms with Gasteiger partial charge in [-0.2, -0.15) is 0 Å². The van der Waals surface area contributed by atoms with Crippen molar-refractivity contribution < 1.29 is 19.4 Å². The fourth-order valence-electron chi connectivity index (χ4n) is 0.727. The molecule has 5 heteroatoms. The second-order valence-electron chi connectivity index (χ2n) is 1.96. The molecule has 1 heterocycles. The summed E-state index contributed by atoms with van der Waals surface area (Å²) in [6, 6.07) is -0.655. The maximum Gasteiger partial charge on any atom is 0.325 e. The molecule has 2 N–H and O–H groups in total. The fraction of sp³-hybridized carbons (Fsp3) is 0.600. The summed E-state index contributed by atoms with van der Waals surface area (Å²) in [5.41, 5.74) is 0. The molecule has 0 aromatic carbocycles. The summed E-state index contributed by atoms with van der Waals surface area (Å²) in [6.45, 7) is 0.122. The molecule has 1 atom stereocenters. The van der Waals surface area contributed by atoms with Gasteiger partial charge >= 0.3 is 11.9 Å². The Labute approximate surface area is 57.0 Å². The van der Waals surface area contributed by atoms with Crippen LogP contribution in [0.2, 0.25) is 0 Å². The molecule has 0 saturated carbocycles. The Balaban J connectivity index is 2.40.